The summed E-state index contributed by atoms with van der Waals surface area (Å²) in [5.41, 5.74) is 1.28. The van der Waals surface area contributed by atoms with Crippen LogP contribution >= 0.6 is 0 Å². The largest absolute Gasteiger partial charge is 0.497 e. The van der Waals surface area contributed by atoms with E-state index in [1.807, 2.05) is 12.1 Å². The molecule has 0 amide bonds. The maximum atomic E-state index is 5.44. The molecule has 0 aliphatic carbocycles. The van der Waals surface area contributed by atoms with Crippen molar-refractivity contribution in [3.05, 3.63) is 23.8 Å². The summed E-state index contributed by atoms with van der Waals surface area (Å²) in [6.45, 7) is 3.64. The van der Waals surface area contributed by atoms with Gasteiger partial charge in [0.25, 0.3) is 0 Å². The van der Waals surface area contributed by atoms with Gasteiger partial charge in [-0.1, -0.05) is 0 Å². The molecule has 0 atom stereocenters. The molecule has 1 heterocycles. The number of ether oxygens (including phenoxy) is 2. The Hall–Kier alpha value is -1.22. The summed E-state index contributed by atoms with van der Waals surface area (Å²) >= 11 is 0. The number of hydrogen-bond acceptors (Lipinski definition) is 2. The van der Waals surface area contributed by atoms with E-state index in [4.69, 9.17) is 9.47 Å². The lowest BCUT2D eigenvalue weighted by atomic mass is 10.1. The first-order valence-corrected chi connectivity index (χ1v) is 6.38. The Morgan fingerprint density at radius 1 is 1.06 bits per heavy atom. The van der Waals surface area contributed by atoms with Crippen LogP contribution in [0.25, 0.3) is 0 Å². The molecule has 1 aliphatic heterocycles. The van der Waals surface area contributed by atoms with Gasteiger partial charge in [0.1, 0.15) is 18.0 Å². The summed E-state index contributed by atoms with van der Waals surface area (Å²) in [5, 5.41) is 0. The van der Waals surface area contributed by atoms with Gasteiger partial charge < -0.3 is 14.4 Å². The number of likely N-dealkylation sites (tertiary alicyclic amines) is 1. The second-order valence-electron chi connectivity index (χ2n) is 4.67. The lowest BCUT2D eigenvalue weighted by molar-refractivity contribution is -0.918. The Morgan fingerprint density at radius 3 is 2.47 bits per heavy atom. The van der Waals surface area contributed by atoms with Crippen molar-refractivity contribution in [2.24, 2.45) is 0 Å². The second kappa shape index (κ2) is 5.92. The van der Waals surface area contributed by atoms with Crippen molar-refractivity contribution in [1.29, 1.82) is 0 Å². The summed E-state index contributed by atoms with van der Waals surface area (Å²) in [5.74, 6) is 1.81. The Kier molecular flexibility index (Phi) is 4.26. The molecule has 1 fully saturated rings. The fourth-order valence-corrected chi connectivity index (χ4v) is 2.50. The predicted molar refractivity (Wildman–Crippen MR) is 67.8 cm³/mol. The van der Waals surface area contributed by atoms with Crippen LogP contribution in [-0.2, 0) is 6.54 Å². The molecule has 1 saturated heterocycles. The highest BCUT2D eigenvalue weighted by Gasteiger charge is 2.16. The molecule has 17 heavy (non-hydrogen) atoms. The van der Waals surface area contributed by atoms with Crippen LogP contribution in [0.2, 0.25) is 0 Å². The monoisotopic (exact) mass is 236 g/mol. The molecule has 3 heteroatoms. The first-order valence-electron chi connectivity index (χ1n) is 6.38. The lowest BCUT2D eigenvalue weighted by Gasteiger charge is -2.24. The Bertz CT molecular complexity index is 359. The number of nitrogens with one attached hydrogen (secondary N) is 1. The Morgan fingerprint density at radius 2 is 1.82 bits per heavy atom. The van der Waals surface area contributed by atoms with Crippen molar-refractivity contribution in [2.75, 3.05) is 27.3 Å². The van der Waals surface area contributed by atoms with Gasteiger partial charge in [-0.2, -0.15) is 0 Å². The first-order chi connectivity index (χ1) is 8.33. The Labute approximate surface area is 103 Å². The number of benzene rings is 1. The van der Waals surface area contributed by atoms with Gasteiger partial charge >= 0.3 is 0 Å². The quantitative estimate of drug-likeness (QED) is 0.851. The molecule has 1 aromatic rings. The van der Waals surface area contributed by atoms with E-state index in [9.17, 15) is 0 Å². The molecule has 0 unspecified atom stereocenters. The molecule has 2 rings (SSSR count). The lowest BCUT2D eigenvalue weighted by Crippen LogP contribution is -3.11. The molecular weight excluding hydrogens is 214 g/mol. The van der Waals surface area contributed by atoms with Gasteiger partial charge in [-0.25, -0.2) is 0 Å². The number of hydrogen-bond donors (Lipinski definition) is 1. The van der Waals surface area contributed by atoms with Crippen LogP contribution in [0.4, 0.5) is 0 Å². The molecule has 0 radical (unpaired) electrons. The minimum absolute atomic E-state index is 0.860. The average Bonchev–Trinajstić information content (AvgIpc) is 2.40. The minimum Gasteiger partial charge on any atom is -0.497 e. The fourth-order valence-electron chi connectivity index (χ4n) is 2.50. The molecule has 1 aliphatic rings. The molecule has 0 saturated carbocycles. The van der Waals surface area contributed by atoms with Crippen LogP contribution in [0.15, 0.2) is 18.2 Å². The van der Waals surface area contributed by atoms with Crippen molar-refractivity contribution in [1.82, 2.24) is 0 Å². The SMILES string of the molecule is COc1ccc(C[NH+]2CCCCC2)c(OC)c1. The third kappa shape index (κ3) is 3.13. The van der Waals surface area contributed by atoms with Crippen molar-refractivity contribution in [3.8, 4) is 11.5 Å². The van der Waals surface area contributed by atoms with Gasteiger partial charge in [-0.05, 0) is 31.4 Å². The molecule has 94 valence electrons. The standard InChI is InChI=1S/C14H21NO2/c1-16-13-7-6-12(14(10-13)17-2)11-15-8-4-3-5-9-15/h6-7,10H,3-5,8-9,11H2,1-2H3/p+1. The second-order valence-corrected chi connectivity index (χ2v) is 4.67. The summed E-state index contributed by atoms with van der Waals surface area (Å²) in [4.78, 5) is 1.67. The van der Waals surface area contributed by atoms with Crippen molar-refractivity contribution >= 4 is 0 Å². The molecule has 3 nitrogen and oxygen atoms in total. The van der Waals surface area contributed by atoms with Gasteiger partial charge in [0, 0.05) is 11.6 Å². The number of rotatable bonds is 4. The van der Waals surface area contributed by atoms with E-state index in [1.165, 1.54) is 37.9 Å². The highest BCUT2D eigenvalue weighted by atomic mass is 16.5. The minimum atomic E-state index is 0.860. The molecule has 1 N–H and O–H groups in total. The smallest absolute Gasteiger partial charge is 0.131 e. The van der Waals surface area contributed by atoms with Crippen molar-refractivity contribution in [2.45, 2.75) is 25.8 Å². The van der Waals surface area contributed by atoms with Gasteiger partial charge in [0.05, 0.1) is 27.3 Å². The first kappa shape index (κ1) is 12.2. The van der Waals surface area contributed by atoms with Gasteiger partial charge in [0.15, 0.2) is 0 Å². The summed E-state index contributed by atoms with van der Waals surface area (Å²) < 4.78 is 10.7. The third-order valence-corrected chi connectivity index (χ3v) is 3.50. The molecule has 1 aromatic carbocycles. The van der Waals surface area contributed by atoms with E-state index in [1.54, 1.807) is 19.1 Å². The van der Waals surface area contributed by atoms with Gasteiger partial charge in [-0.15, -0.1) is 0 Å². The summed E-state index contributed by atoms with van der Waals surface area (Å²) in [6.07, 6.45) is 4.10. The number of methoxy groups -OCH3 is 2. The van der Waals surface area contributed by atoms with Crippen LogP contribution < -0.4 is 14.4 Å². The normalized spacial score (nSPS) is 16.8. The summed E-state index contributed by atoms with van der Waals surface area (Å²) in [6, 6.07) is 6.11. The summed E-state index contributed by atoms with van der Waals surface area (Å²) in [7, 11) is 3.41. The van der Waals surface area contributed by atoms with Crippen LogP contribution in [0.3, 0.4) is 0 Å². The number of quaternary nitrogens is 1. The third-order valence-electron chi connectivity index (χ3n) is 3.50. The molecule has 0 spiro atoms. The van der Waals surface area contributed by atoms with Gasteiger partial charge in [0.2, 0.25) is 0 Å². The fraction of sp³-hybridized carbons (Fsp3) is 0.571. The van der Waals surface area contributed by atoms with E-state index in [0.29, 0.717) is 0 Å². The Balaban J connectivity index is 2.08. The molecular formula is C14H22NO2+. The topological polar surface area (TPSA) is 22.9 Å². The van der Waals surface area contributed by atoms with Crippen LogP contribution in [0.1, 0.15) is 24.8 Å². The van der Waals surface area contributed by atoms with Gasteiger partial charge in [-0.3, -0.25) is 0 Å². The van der Waals surface area contributed by atoms with E-state index in [2.05, 4.69) is 6.07 Å². The van der Waals surface area contributed by atoms with Crippen LogP contribution in [-0.4, -0.2) is 27.3 Å². The predicted octanol–water partition coefficient (Wildman–Crippen LogP) is 1.27. The maximum absolute atomic E-state index is 5.44. The van der Waals surface area contributed by atoms with E-state index in [0.717, 1.165) is 18.0 Å². The number of piperidine rings is 1. The van der Waals surface area contributed by atoms with Crippen molar-refractivity contribution in [3.63, 3.8) is 0 Å². The zero-order valence-corrected chi connectivity index (χ0v) is 10.8. The zero-order chi connectivity index (χ0) is 12.1. The van der Waals surface area contributed by atoms with Crippen LogP contribution in [0.5, 0.6) is 11.5 Å². The molecule has 0 aromatic heterocycles. The zero-order valence-electron chi connectivity index (χ0n) is 10.8. The maximum Gasteiger partial charge on any atom is 0.131 e. The highest BCUT2D eigenvalue weighted by Crippen LogP contribution is 2.23. The van der Waals surface area contributed by atoms with Crippen molar-refractivity contribution < 1.29 is 14.4 Å². The van der Waals surface area contributed by atoms with E-state index < -0.39 is 0 Å². The van der Waals surface area contributed by atoms with E-state index in [-0.39, 0.29) is 0 Å². The van der Waals surface area contributed by atoms with Crippen LogP contribution in [0, 0.1) is 0 Å². The van der Waals surface area contributed by atoms with E-state index >= 15 is 0 Å². The molecule has 0 bridgehead atoms. The highest BCUT2D eigenvalue weighted by molar-refractivity contribution is 5.40. The average molecular weight is 236 g/mol.